The van der Waals surface area contributed by atoms with Crippen LogP contribution in [0.3, 0.4) is 0 Å². The van der Waals surface area contributed by atoms with E-state index in [1.807, 2.05) is 12.2 Å². The third-order valence-electron chi connectivity index (χ3n) is 0.878. The van der Waals surface area contributed by atoms with Crippen LogP contribution in [0.2, 0.25) is 0 Å². The Morgan fingerprint density at radius 2 is 2.20 bits per heavy atom. The van der Waals surface area contributed by atoms with Crippen LogP contribution in [0.5, 0.6) is 0 Å². The molecule has 0 aromatic rings. The Morgan fingerprint density at radius 1 is 1.40 bits per heavy atom. The summed E-state index contributed by atoms with van der Waals surface area (Å²) in [4.78, 5) is 0. The number of ether oxygens (including phenoxy) is 2. The molecular weight excluding hydrogens is 132 g/mol. The van der Waals surface area contributed by atoms with Gasteiger partial charge in [0, 0.05) is 13.7 Å². The number of methoxy groups -OCH3 is 1. The molecule has 0 saturated heterocycles. The van der Waals surface area contributed by atoms with Gasteiger partial charge in [-0.25, -0.2) is 0 Å². The molecule has 0 heterocycles. The fourth-order valence-electron chi connectivity index (χ4n) is 0.460. The maximum absolute atomic E-state index is 8.35. The van der Waals surface area contributed by atoms with Crippen molar-refractivity contribution in [2.45, 2.75) is 6.42 Å². The van der Waals surface area contributed by atoms with Gasteiger partial charge in [-0.1, -0.05) is 12.2 Å². The molecule has 0 rings (SSSR count). The zero-order valence-electron chi connectivity index (χ0n) is 6.25. The van der Waals surface area contributed by atoms with E-state index >= 15 is 0 Å². The lowest BCUT2D eigenvalue weighted by Crippen LogP contribution is -1.95. The summed E-state index contributed by atoms with van der Waals surface area (Å²) in [5.74, 6) is 0. The first-order chi connectivity index (χ1) is 4.91. The van der Waals surface area contributed by atoms with Crippen LogP contribution in [-0.4, -0.2) is 32.2 Å². The lowest BCUT2D eigenvalue weighted by atomic mass is 10.4. The average Bonchev–Trinajstić information content (AvgIpc) is 1.97. The molecule has 0 unspecified atom stereocenters. The standard InChI is InChI=1S/C7H14O3/c1-9-7-10-6-4-2-3-5-8/h2,4,8H,3,5-7H2,1H3/b4-2+. The molecule has 0 spiro atoms. The van der Waals surface area contributed by atoms with E-state index < -0.39 is 0 Å². The number of hydrogen-bond acceptors (Lipinski definition) is 3. The van der Waals surface area contributed by atoms with Gasteiger partial charge in [0.25, 0.3) is 0 Å². The normalized spacial score (nSPS) is 11.0. The van der Waals surface area contributed by atoms with Gasteiger partial charge in [-0.05, 0) is 6.42 Å². The van der Waals surface area contributed by atoms with E-state index in [4.69, 9.17) is 9.84 Å². The third-order valence-corrected chi connectivity index (χ3v) is 0.878. The Balaban J connectivity index is 2.88. The molecule has 60 valence electrons. The fourth-order valence-corrected chi connectivity index (χ4v) is 0.460. The molecular formula is C7H14O3. The van der Waals surface area contributed by atoms with Crippen molar-refractivity contribution in [1.29, 1.82) is 0 Å². The highest BCUT2D eigenvalue weighted by molar-refractivity contribution is 4.80. The zero-order valence-corrected chi connectivity index (χ0v) is 6.25. The number of rotatable bonds is 6. The smallest absolute Gasteiger partial charge is 0.146 e. The summed E-state index contributed by atoms with van der Waals surface area (Å²) in [6.07, 6.45) is 4.42. The first-order valence-corrected chi connectivity index (χ1v) is 3.24. The van der Waals surface area contributed by atoms with Gasteiger partial charge >= 0.3 is 0 Å². The van der Waals surface area contributed by atoms with Crippen molar-refractivity contribution in [2.24, 2.45) is 0 Å². The van der Waals surface area contributed by atoms with Crippen molar-refractivity contribution in [1.82, 2.24) is 0 Å². The van der Waals surface area contributed by atoms with Crippen molar-refractivity contribution in [2.75, 3.05) is 27.1 Å². The molecule has 1 N–H and O–H groups in total. The Morgan fingerprint density at radius 3 is 2.80 bits per heavy atom. The molecule has 0 aromatic carbocycles. The summed E-state index contributed by atoms with van der Waals surface area (Å²) in [5, 5.41) is 8.35. The van der Waals surface area contributed by atoms with E-state index in [1.54, 1.807) is 7.11 Å². The van der Waals surface area contributed by atoms with Crippen LogP contribution in [0.1, 0.15) is 6.42 Å². The van der Waals surface area contributed by atoms with Gasteiger partial charge in [-0.15, -0.1) is 0 Å². The first kappa shape index (κ1) is 9.62. The summed E-state index contributed by atoms with van der Waals surface area (Å²) in [6, 6.07) is 0. The molecule has 0 aliphatic heterocycles. The van der Waals surface area contributed by atoms with Gasteiger partial charge in [0.05, 0.1) is 6.61 Å². The molecule has 0 fully saturated rings. The van der Waals surface area contributed by atoms with Crippen molar-refractivity contribution >= 4 is 0 Å². The highest BCUT2D eigenvalue weighted by Gasteiger charge is 1.78. The van der Waals surface area contributed by atoms with Crippen molar-refractivity contribution < 1.29 is 14.6 Å². The summed E-state index contributed by atoms with van der Waals surface area (Å²) in [6.45, 7) is 1.07. The van der Waals surface area contributed by atoms with E-state index in [0.29, 0.717) is 19.8 Å². The lowest BCUT2D eigenvalue weighted by Gasteiger charge is -1.95. The molecule has 0 aromatic heterocycles. The van der Waals surface area contributed by atoms with Gasteiger partial charge in [0.15, 0.2) is 0 Å². The lowest BCUT2D eigenvalue weighted by molar-refractivity contribution is -0.0187. The second-order valence-corrected chi connectivity index (χ2v) is 1.76. The summed E-state index contributed by atoms with van der Waals surface area (Å²) in [7, 11) is 1.58. The topological polar surface area (TPSA) is 38.7 Å². The van der Waals surface area contributed by atoms with Gasteiger partial charge in [-0.2, -0.15) is 0 Å². The summed E-state index contributed by atoms with van der Waals surface area (Å²) < 4.78 is 9.58. The van der Waals surface area contributed by atoms with E-state index in [2.05, 4.69) is 4.74 Å². The number of hydrogen-bond donors (Lipinski definition) is 1. The monoisotopic (exact) mass is 146 g/mol. The van der Waals surface area contributed by atoms with E-state index in [1.165, 1.54) is 0 Å². The Labute approximate surface area is 61.3 Å². The highest BCUT2D eigenvalue weighted by Crippen LogP contribution is 1.81. The van der Waals surface area contributed by atoms with Crippen LogP contribution in [0.25, 0.3) is 0 Å². The van der Waals surface area contributed by atoms with E-state index in [-0.39, 0.29) is 6.61 Å². The predicted octanol–water partition coefficient (Wildman–Crippen LogP) is 0.546. The predicted molar refractivity (Wildman–Crippen MR) is 38.7 cm³/mol. The Hall–Kier alpha value is -0.380. The fraction of sp³-hybridized carbons (Fsp3) is 0.714. The van der Waals surface area contributed by atoms with Crippen LogP contribution in [-0.2, 0) is 9.47 Å². The van der Waals surface area contributed by atoms with Crippen LogP contribution in [0, 0.1) is 0 Å². The van der Waals surface area contributed by atoms with E-state index in [9.17, 15) is 0 Å². The maximum Gasteiger partial charge on any atom is 0.146 e. The zero-order chi connectivity index (χ0) is 7.66. The molecule has 0 saturated carbocycles. The quantitative estimate of drug-likeness (QED) is 0.338. The van der Waals surface area contributed by atoms with Crippen molar-refractivity contribution in [3.63, 3.8) is 0 Å². The van der Waals surface area contributed by atoms with Gasteiger partial charge in [0.2, 0.25) is 0 Å². The molecule has 0 atom stereocenters. The van der Waals surface area contributed by atoms with Gasteiger partial charge in [-0.3, -0.25) is 0 Å². The Kier molecular flexibility index (Phi) is 8.29. The second-order valence-electron chi connectivity index (χ2n) is 1.76. The largest absolute Gasteiger partial charge is 0.396 e. The summed E-state index contributed by atoms with van der Waals surface area (Å²) in [5.41, 5.74) is 0. The van der Waals surface area contributed by atoms with Crippen LogP contribution in [0.15, 0.2) is 12.2 Å². The molecule has 0 radical (unpaired) electrons. The number of aliphatic hydroxyl groups excluding tert-OH is 1. The SMILES string of the molecule is COCOC/C=C/CCO. The molecule has 0 aliphatic carbocycles. The first-order valence-electron chi connectivity index (χ1n) is 3.24. The van der Waals surface area contributed by atoms with Crippen molar-refractivity contribution in [3.8, 4) is 0 Å². The van der Waals surface area contributed by atoms with Gasteiger partial charge < -0.3 is 14.6 Å². The molecule has 3 heteroatoms. The molecule has 10 heavy (non-hydrogen) atoms. The van der Waals surface area contributed by atoms with E-state index in [0.717, 1.165) is 0 Å². The average molecular weight is 146 g/mol. The molecule has 0 bridgehead atoms. The number of aliphatic hydroxyl groups is 1. The third kappa shape index (κ3) is 7.62. The minimum atomic E-state index is 0.195. The van der Waals surface area contributed by atoms with Crippen LogP contribution >= 0.6 is 0 Å². The van der Waals surface area contributed by atoms with Crippen LogP contribution < -0.4 is 0 Å². The molecule has 3 nitrogen and oxygen atoms in total. The van der Waals surface area contributed by atoms with Crippen LogP contribution in [0.4, 0.5) is 0 Å². The maximum atomic E-state index is 8.35. The summed E-state index contributed by atoms with van der Waals surface area (Å²) >= 11 is 0. The second kappa shape index (κ2) is 8.62. The molecule has 0 aliphatic rings. The van der Waals surface area contributed by atoms with Gasteiger partial charge in [0.1, 0.15) is 6.79 Å². The van der Waals surface area contributed by atoms with Crippen molar-refractivity contribution in [3.05, 3.63) is 12.2 Å². The Bertz CT molecular complexity index is 80.9. The minimum absolute atomic E-state index is 0.195. The molecule has 0 amide bonds. The minimum Gasteiger partial charge on any atom is -0.396 e. The highest BCUT2D eigenvalue weighted by atomic mass is 16.7.